The van der Waals surface area contributed by atoms with Crippen LogP contribution in [0.4, 0.5) is 5.69 Å². The van der Waals surface area contributed by atoms with Crippen LogP contribution in [0.2, 0.25) is 0 Å². The summed E-state index contributed by atoms with van der Waals surface area (Å²) in [5, 5.41) is 0. The third kappa shape index (κ3) is 2.47. The van der Waals surface area contributed by atoms with Gasteiger partial charge in [-0.15, -0.1) is 0 Å². The lowest BCUT2D eigenvalue weighted by Gasteiger charge is -2.29. The van der Waals surface area contributed by atoms with E-state index in [1.54, 1.807) is 0 Å². The molecule has 2 rings (SSSR count). The molecule has 1 aliphatic heterocycles. The summed E-state index contributed by atoms with van der Waals surface area (Å²) in [6, 6.07) is 6.38. The van der Waals surface area contributed by atoms with Crippen LogP contribution in [0.5, 0.6) is 5.75 Å². The van der Waals surface area contributed by atoms with Crippen LogP contribution in [-0.2, 0) is 4.74 Å². The number of aryl methyl sites for hydroxylation is 1. The van der Waals surface area contributed by atoms with Crippen LogP contribution in [-0.4, -0.2) is 32.9 Å². The minimum atomic E-state index is 0.720. The molecule has 0 aliphatic carbocycles. The molecular formula is C13H19NO2. The fraction of sp³-hybridized carbons (Fsp3) is 0.538. The first kappa shape index (κ1) is 11.3. The molecule has 1 aromatic carbocycles. The zero-order valence-electron chi connectivity index (χ0n) is 10.0. The van der Waals surface area contributed by atoms with Crippen LogP contribution in [0, 0.1) is 6.92 Å². The van der Waals surface area contributed by atoms with E-state index in [0.717, 1.165) is 38.7 Å². The van der Waals surface area contributed by atoms with Crippen LogP contribution in [0.15, 0.2) is 18.2 Å². The largest absolute Gasteiger partial charge is 0.494 e. The number of ether oxygens (including phenoxy) is 2. The second kappa shape index (κ2) is 5.21. The molecule has 88 valence electrons. The van der Waals surface area contributed by atoms with Crippen LogP contribution in [0.1, 0.15) is 12.5 Å². The van der Waals surface area contributed by atoms with Crippen molar-refractivity contribution in [2.75, 3.05) is 37.8 Å². The molecule has 3 heteroatoms. The van der Waals surface area contributed by atoms with Crippen molar-refractivity contribution in [2.45, 2.75) is 13.8 Å². The van der Waals surface area contributed by atoms with Crippen molar-refractivity contribution in [3.8, 4) is 5.75 Å². The number of nitrogens with zero attached hydrogens (tertiary/aromatic N) is 1. The highest BCUT2D eigenvalue weighted by atomic mass is 16.5. The second-order valence-electron chi connectivity index (χ2n) is 3.98. The van der Waals surface area contributed by atoms with Gasteiger partial charge in [0.15, 0.2) is 0 Å². The topological polar surface area (TPSA) is 21.7 Å². The predicted molar refractivity (Wildman–Crippen MR) is 65.4 cm³/mol. The zero-order valence-corrected chi connectivity index (χ0v) is 10.0. The van der Waals surface area contributed by atoms with Crippen molar-refractivity contribution in [2.24, 2.45) is 0 Å². The fourth-order valence-corrected chi connectivity index (χ4v) is 1.97. The Hall–Kier alpha value is -1.22. The summed E-state index contributed by atoms with van der Waals surface area (Å²) in [5.41, 5.74) is 2.47. The highest BCUT2D eigenvalue weighted by Crippen LogP contribution is 2.24. The Morgan fingerprint density at radius 2 is 2.06 bits per heavy atom. The first-order chi connectivity index (χ1) is 7.81. The maximum Gasteiger partial charge on any atom is 0.122 e. The smallest absolute Gasteiger partial charge is 0.122 e. The molecule has 1 heterocycles. The van der Waals surface area contributed by atoms with Crippen LogP contribution < -0.4 is 9.64 Å². The first-order valence-electron chi connectivity index (χ1n) is 5.87. The van der Waals surface area contributed by atoms with Gasteiger partial charge in [0.25, 0.3) is 0 Å². The molecule has 1 fully saturated rings. The molecule has 1 aromatic rings. The molecule has 0 spiro atoms. The number of morpholine rings is 1. The van der Waals surface area contributed by atoms with E-state index in [2.05, 4.69) is 30.0 Å². The summed E-state index contributed by atoms with van der Waals surface area (Å²) in [5.74, 6) is 0.986. The lowest BCUT2D eigenvalue weighted by Crippen LogP contribution is -2.36. The van der Waals surface area contributed by atoms with Crippen molar-refractivity contribution >= 4 is 5.69 Å². The van der Waals surface area contributed by atoms with Gasteiger partial charge in [-0.1, -0.05) is 0 Å². The monoisotopic (exact) mass is 221 g/mol. The van der Waals surface area contributed by atoms with E-state index in [1.807, 2.05) is 6.92 Å². The lowest BCUT2D eigenvalue weighted by molar-refractivity contribution is 0.122. The summed E-state index contributed by atoms with van der Waals surface area (Å²) >= 11 is 0. The first-order valence-corrected chi connectivity index (χ1v) is 5.87. The van der Waals surface area contributed by atoms with Gasteiger partial charge in [-0.25, -0.2) is 0 Å². The number of hydrogen-bond acceptors (Lipinski definition) is 3. The Morgan fingerprint density at radius 1 is 1.31 bits per heavy atom. The average molecular weight is 221 g/mol. The Labute approximate surface area is 97.0 Å². The van der Waals surface area contributed by atoms with Crippen LogP contribution >= 0.6 is 0 Å². The van der Waals surface area contributed by atoms with E-state index in [1.165, 1.54) is 11.3 Å². The SMILES string of the molecule is CCOc1ccc(N2CCOCC2)cc1C. The molecule has 1 saturated heterocycles. The maximum absolute atomic E-state index is 5.54. The van der Waals surface area contributed by atoms with E-state index in [4.69, 9.17) is 9.47 Å². The number of hydrogen-bond donors (Lipinski definition) is 0. The third-order valence-corrected chi connectivity index (χ3v) is 2.83. The van der Waals surface area contributed by atoms with Crippen LogP contribution in [0.25, 0.3) is 0 Å². The van der Waals surface area contributed by atoms with E-state index in [9.17, 15) is 0 Å². The summed E-state index contributed by atoms with van der Waals surface area (Å²) in [7, 11) is 0. The maximum atomic E-state index is 5.54. The van der Waals surface area contributed by atoms with Crippen molar-refractivity contribution in [3.63, 3.8) is 0 Å². The Kier molecular flexibility index (Phi) is 3.67. The molecule has 0 bridgehead atoms. The zero-order chi connectivity index (χ0) is 11.4. The minimum Gasteiger partial charge on any atom is -0.494 e. The Bertz CT molecular complexity index is 346. The summed E-state index contributed by atoms with van der Waals surface area (Å²) in [6.07, 6.45) is 0. The van der Waals surface area contributed by atoms with Gasteiger partial charge in [-0.2, -0.15) is 0 Å². The molecule has 0 N–H and O–H groups in total. The van der Waals surface area contributed by atoms with Gasteiger partial charge < -0.3 is 14.4 Å². The van der Waals surface area contributed by atoms with Crippen molar-refractivity contribution in [1.29, 1.82) is 0 Å². The standard InChI is InChI=1S/C13H19NO2/c1-3-16-13-5-4-12(10-11(13)2)14-6-8-15-9-7-14/h4-5,10H,3,6-9H2,1-2H3. The molecule has 0 aromatic heterocycles. The number of anilines is 1. The molecule has 0 atom stereocenters. The summed E-state index contributed by atoms with van der Waals surface area (Å²) in [6.45, 7) is 8.43. The fourth-order valence-electron chi connectivity index (χ4n) is 1.97. The number of rotatable bonds is 3. The lowest BCUT2D eigenvalue weighted by atomic mass is 10.2. The minimum absolute atomic E-state index is 0.720. The predicted octanol–water partition coefficient (Wildman–Crippen LogP) is 2.23. The summed E-state index contributed by atoms with van der Waals surface area (Å²) in [4.78, 5) is 2.35. The van der Waals surface area contributed by atoms with E-state index < -0.39 is 0 Å². The second-order valence-corrected chi connectivity index (χ2v) is 3.98. The molecular weight excluding hydrogens is 202 g/mol. The average Bonchev–Trinajstić information content (AvgIpc) is 2.33. The highest BCUT2D eigenvalue weighted by molar-refractivity contribution is 5.53. The van der Waals surface area contributed by atoms with Crippen LogP contribution in [0.3, 0.4) is 0 Å². The van der Waals surface area contributed by atoms with Gasteiger partial charge >= 0.3 is 0 Å². The van der Waals surface area contributed by atoms with E-state index in [-0.39, 0.29) is 0 Å². The van der Waals surface area contributed by atoms with Gasteiger partial charge in [0.05, 0.1) is 19.8 Å². The van der Waals surface area contributed by atoms with E-state index in [0.29, 0.717) is 0 Å². The molecule has 3 nitrogen and oxygen atoms in total. The van der Waals surface area contributed by atoms with Gasteiger partial charge in [0.1, 0.15) is 5.75 Å². The van der Waals surface area contributed by atoms with Crippen molar-refractivity contribution in [1.82, 2.24) is 0 Å². The van der Waals surface area contributed by atoms with Gasteiger partial charge in [0.2, 0.25) is 0 Å². The Balaban J connectivity index is 2.13. The number of benzene rings is 1. The van der Waals surface area contributed by atoms with Crippen molar-refractivity contribution < 1.29 is 9.47 Å². The quantitative estimate of drug-likeness (QED) is 0.781. The molecule has 0 radical (unpaired) electrons. The van der Waals surface area contributed by atoms with Gasteiger partial charge in [0, 0.05) is 18.8 Å². The summed E-state index contributed by atoms with van der Waals surface area (Å²) < 4.78 is 10.9. The molecule has 0 amide bonds. The van der Waals surface area contributed by atoms with Crippen molar-refractivity contribution in [3.05, 3.63) is 23.8 Å². The third-order valence-electron chi connectivity index (χ3n) is 2.83. The normalized spacial score (nSPS) is 16.2. The highest BCUT2D eigenvalue weighted by Gasteiger charge is 2.12. The molecule has 16 heavy (non-hydrogen) atoms. The van der Waals surface area contributed by atoms with Gasteiger partial charge in [-0.05, 0) is 37.6 Å². The Morgan fingerprint density at radius 3 is 2.69 bits per heavy atom. The van der Waals surface area contributed by atoms with E-state index >= 15 is 0 Å². The molecule has 1 aliphatic rings. The van der Waals surface area contributed by atoms with Gasteiger partial charge in [-0.3, -0.25) is 0 Å². The molecule has 0 saturated carbocycles. The molecule has 0 unspecified atom stereocenters.